The molecule has 0 saturated carbocycles. The Morgan fingerprint density at radius 1 is 0.724 bits per heavy atom. The van der Waals surface area contributed by atoms with Crippen LogP contribution >= 0.6 is 0 Å². The van der Waals surface area contributed by atoms with Gasteiger partial charge in [-0.25, -0.2) is 0 Å². The van der Waals surface area contributed by atoms with Gasteiger partial charge in [-0.1, -0.05) is 66.7 Å². The standard InChI is InChI=1S/C26H27N3/c1-3-29(4-2)21-17-15-20(16-18-21)23-12-8-14-25(28-27)26(23)24-13-7-10-19-9-5-6-11-22(19)24/h5-18,28H,3-4,27H2,1-2H3. The number of nitrogens with two attached hydrogens (primary N) is 1. The Bertz CT molecular complexity index is 1110. The van der Waals surface area contributed by atoms with Gasteiger partial charge in [0.2, 0.25) is 0 Å². The molecular formula is C26H27N3. The van der Waals surface area contributed by atoms with E-state index in [1.807, 2.05) is 6.07 Å². The van der Waals surface area contributed by atoms with Crippen LogP contribution in [0.4, 0.5) is 11.4 Å². The normalized spacial score (nSPS) is 10.9. The van der Waals surface area contributed by atoms with Gasteiger partial charge >= 0.3 is 0 Å². The van der Waals surface area contributed by atoms with Crippen molar-refractivity contribution in [1.29, 1.82) is 0 Å². The number of nitrogens with one attached hydrogen (secondary N) is 1. The van der Waals surface area contributed by atoms with Gasteiger partial charge in [-0.15, -0.1) is 0 Å². The van der Waals surface area contributed by atoms with Crippen LogP contribution in [0.1, 0.15) is 13.8 Å². The summed E-state index contributed by atoms with van der Waals surface area (Å²) in [5.41, 5.74) is 9.74. The largest absolute Gasteiger partial charge is 0.372 e. The molecule has 0 aromatic heterocycles. The molecule has 4 aromatic carbocycles. The third kappa shape index (κ3) is 3.57. The van der Waals surface area contributed by atoms with E-state index in [0.29, 0.717) is 0 Å². The Morgan fingerprint density at radius 3 is 2.10 bits per heavy atom. The number of benzene rings is 4. The lowest BCUT2D eigenvalue weighted by Gasteiger charge is -2.22. The number of hydrazine groups is 1. The first kappa shape index (κ1) is 19.0. The Labute approximate surface area is 172 Å². The molecule has 0 radical (unpaired) electrons. The van der Waals surface area contributed by atoms with Gasteiger partial charge in [0.1, 0.15) is 0 Å². The molecule has 0 heterocycles. The van der Waals surface area contributed by atoms with Crippen molar-refractivity contribution >= 4 is 22.1 Å². The van der Waals surface area contributed by atoms with E-state index in [0.717, 1.165) is 24.3 Å². The molecule has 29 heavy (non-hydrogen) atoms. The Morgan fingerprint density at radius 2 is 1.38 bits per heavy atom. The Balaban J connectivity index is 1.90. The minimum atomic E-state index is 0.923. The summed E-state index contributed by atoms with van der Waals surface area (Å²) in [7, 11) is 0. The molecule has 3 N–H and O–H groups in total. The van der Waals surface area contributed by atoms with Gasteiger partial charge in [0, 0.05) is 24.3 Å². The van der Waals surface area contributed by atoms with E-state index in [4.69, 9.17) is 5.84 Å². The maximum absolute atomic E-state index is 5.92. The number of rotatable bonds is 6. The van der Waals surface area contributed by atoms with Crippen LogP contribution in [0.5, 0.6) is 0 Å². The van der Waals surface area contributed by atoms with Gasteiger partial charge in [0.25, 0.3) is 0 Å². The molecule has 3 heteroatoms. The monoisotopic (exact) mass is 381 g/mol. The van der Waals surface area contributed by atoms with Crippen molar-refractivity contribution in [3.63, 3.8) is 0 Å². The van der Waals surface area contributed by atoms with Crippen LogP contribution in [0, 0.1) is 0 Å². The molecule has 4 aromatic rings. The molecule has 0 amide bonds. The molecular weight excluding hydrogens is 354 g/mol. The fraction of sp³-hybridized carbons (Fsp3) is 0.154. The molecule has 146 valence electrons. The first-order chi connectivity index (χ1) is 14.3. The fourth-order valence-corrected chi connectivity index (χ4v) is 4.09. The third-order valence-electron chi connectivity index (χ3n) is 5.59. The van der Waals surface area contributed by atoms with Crippen LogP contribution in [-0.2, 0) is 0 Å². The van der Waals surface area contributed by atoms with Crippen LogP contribution in [0.25, 0.3) is 33.0 Å². The zero-order valence-corrected chi connectivity index (χ0v) is 17.0. The lowest BCUT2D eigenvalue weighted by atomic mass is 9.90. The molecule has 0 unspecified atom stereocenters. The first-order valence-electron chi connectivity index (χ1n) is 10.2. The number of fused-ring (bicyclic) bond motifs is 1. The number of hydrogen-bond donors (Lipinski definition) is 2. The lowest BCUT2D eigenvalue weighted by Crippen LogP contribution is -2.21. The van der Waals surface area contributed by atoms with Gasteiger partial charge in [-0.3, -0.25) is 5.84 Å². The fourth-order valence-electron chi connectivity index (χ4n) is 4.09. The van der Waals surface area contributed by atoms with Crippen molar-refractivity contribution in [2.45, 2.75) is 13.8 Å². The number of anilines is 2. The first-order valence-corrected chi connectivity index (χ1v) is 10.2. The molecule has 0 aliphatic heterocycles. The molecule has 0 fully saturated rings. The summed E-state index contributed by atoms with van der Waals surface area (Å²) in [6, 6.07) is 30.0. The predicted molar refractivity (Wildman–Crippen MR) is 126 cm³/mol. The topological polar surface area (TPSA) is 41.3 Å². The highest BCUT2D eigenvalue weighted by Gasteiger charge is 2.14. The lowest BCUT2D eigenvalue weighted by molar-refractivity contribution is 0.866. The van der Waals surface area contributed by atoms with Crippen molar-refractivity contribution < 1.29 is 0 Å². The Hall–Kier alpha value is -3.30. The average molecular weight is 382 g/mol. The van der Waals surface area contributed by atoms with Crippen LogP contribution < -0.4 is 16.2 Å². The zero-order valence-electron chi connectivity index (χ0n) is 17.0. The minimum Gasteiger partial charge on any atom is -0.372 e. The highest BCUT2D eigenvalue weighted by Crippen LogP contribution is 2.41. The highest BCUT2D eigenvalue weighted by molar-refractivity contribution is 6.04. The summed E-state index contributed by atoms with van der Waals surface area (Å²) in [5, 5.41) is 2.44. The predicted octanol–water partition coefficient (Wildman–Crippen LogP) is 6.31. The highest BCUT2D eigenvalue weighted by atomic mass is 15.2. The van der Waals surface area contributed by atoms with Gasteiger partial charge < -0.3 is 10.3 Å². The van der Waals surface area contributed by atoms with E-state index >= 15 is 0 Å². The number of nitrogens with zero attached hydrogens (tertiary/aromatic N) is 1. The molecule has 3 nitrogen and oxygen atoms in total. The minimum absolute atomic E-state index is 0.923. The molecule has 0 aliphatic carbocycles. The van der Waals surface area contributed by atoms with E-state index in [9.17, 15) is 0 Å². The van der Waals surface area contributed by atoms with Crippen molar-refractivity contribution in [3.05, 3.63) is 84.9 Å². The average Bonchev–Trinajstić information content (AvgIpc) is 2.79. The van der Waals surface area contributed by atoms with E-state index in [1.165, 1.54) is 33.2 Å². The molecule has 0 spiro atoms. The summed E-state index contributed by atoms with van der Waals surface area (Å²) in [6.07, 6.45) is 0. The second-order valence-corrected chi connectivity index (χ2v) is 7.12. The van der Waals surface area contributed by atoms with Gasteiger partial charge in [0.05, 0.1) is 5.69 Å². The van der Waals surface area contributed by atoms with Gasteiger partial charge in [0.15, 0.2) is 0 Å². The summed E-state index contributed by atoms with van der Waals surface area (Å²) < 4.78 is 0. The van der Waals surface area contributed by atoms with Gasteiger partial charge in [-0.05, 0) is 59.5 Å². The maximum Gasteiger partial charge on any atom is 0.0569 e. The molecule has 4 rings (SSSR count). The van der Waals surface area contributed by atoms with E-state index in [1.54, 1.807) is 0 Å². The van der Waals surface area contributed by atoms with Crippen molar-refractivity contribution in [2.24, 2.45) is 5.84 Å². The molecule has 0 atom stereocenters. The second-order valence-electron chi connectivity index (χ2n) is 7.12. The van der Waals surface area contributed by atoms with Crippen LogP contribution in [0.15, 0.2) is 84.9 Å². The number of nitrogen functional groups attached to an aromatic ring is 1. The van der Waals surface area contributed by atoms with E-state index in [-0.39, 0.29) is 0 Å². The van der Waals surface area contributed by atoms with Crippen molar-refractivity contribution in [1.82, 2.24) is 0 Å². The summed E-state index contributed by atoms with van der Waals surface area (Å²) in [4.78, 5) is 2.35. The summed E-state index contributed by atoms with van der Waals surface area (Å²) in [5.74, 6) is 5.92. The second kappa shape index (κ2) is 8.38. The molecule has 0 bridgehead atoms. The van der Waals surface area contributed by atoms with Crippen molar-refractivity contribution in [2.75, 3.05) is 23.4 Å². The van der Waals surface area contributed by atoms with E-state index < -0.39 is 0 Å². The van der Waals surface area contributed by atoms with Crippen molar-refractivity contribution in [3.8, 4) is 22.3 Å². The summed E-state index contributed by atoms with van der Waals surface area (Å²) >= 11 is 0. The molecule has 0 aliphatic rings. The van der Waals surface area contributed by atoms with Crippen LogP contribution in [0.2, 0.25) is 0 Å². The summed E-state index contributed by atoms with van der Waals surface area (Å²) in [6.45, 7) is 6.38. The SMILES string of the molecule is CCN(CC)c1ccc(-c2cccc(NN)c2-c2cccc3ccccc23)cc1. The van der Waals surface area contributed by atoms with Gasteiger partial charge in [-0.2, -0.15) is 0 Å². The number of hydrogen-bond acceptors (Lipinski definition) is 3. The Kier molecular flexibility index (Phi) is 5.50. The molecule has 0 saturated heterocycles. The third-order valence-corrected chi connectivity index (χ3v) is 5.59. The maximum atomic E-state index is 5.92. The van der Waals surface area contributed by atoms with E-state index in [2.05, 4.69) is 103 Å². The smallest absolute Gasteiger partial charge is 0.0569 e. The van der Waals surface area contributed by atoms with Crippen LogP contribution in [-0.4, -0.2) is 13.1 Å². The quantitative estimate of drug-likeness (QED) is 0.304. The van der Waals surface area contributed by atoms with Crippen LogP contribution in [0.3, 0.4) is 0 Å². The zero-order chi connectivity index (χ0) is 20.2.